The molecule has 0 heterocycles. The summed E-state index contributed by atoms with van der Waals surface area (Å²) in [5.41, 5.74) is -6.10. The molecular formula is C94H59Cl3F13N7O19. The number of nitrogens with zero attached hydrogens (tertiary/aromatic N) is 3. The van der Waals surface area contributed by atoms with Crippen LogP contribution < -0.4 is 26.0 Å². The molecule has 0 unspecified atom stereocenters. The standard InChI is InChI=1S/C17H10F3NO3.C16H10ClF3O3.C16H12N2O4.C15H9ClF3NO3.C15H9ClN2O3.C15H9F4NO3/c18-17(19,20)12-6-10(5-11(7-12)9-21)8-15(22)13-3-1-2-4-14(13)16(23)24;17-11-6-9(5-10(8-11)16(18,19)20)7-14(21)12-3-1-2-4-13(12)15(22)23;1-22-14-7-6-11(8-10(14)9-17)18-15(19)12-4-2-3-5-13(12)16(20)21;16-8-5-6-12(11(7-8)15(17,18)19)20-13(21)9-3-1-2-4-10(9)14(22)23;16-10-5-6-13(9(7-10)8-17)18-14(19)11-3-1-2-4-12(11)15(20)21;16-12-7-8(5-6-11(12)15(17,18)19)20-13(21)9-3-1-2-4-10(9)14(22)23/h1-7H,8H2,(H,23,24);1-6,8H,7H2,(H,22,23);2-8H,1H3,(H,18,19)(H,20,21);1-7H,(H,20,21)(H,22,23);1-7H,(H,18,19)(H,20,21);1-7H,(H,20,21)(H,22,23). The number of carbonyl (C=O) groups excluding carboxylic acids is 6. The molecule has 12 rings (SSSR count). The molecular weight excluding hydrogens is 1880 g/mol. The Labute approximate surface area is 772 Å². The summed E-state index contributed by atoms with van der Waals surface area (Å²) in [7, 11) is 1.44. The Balaban J connectivity index is 0.000000222. The van der Waals surface area contributed by atoms with Crippen LogP contribution in [-0.4, -0.2) is 109 Å². The van der Waals surface area contributed by atoms with Crippen LogP contribution in [0, 0.1) is 39.8 Å². The van der Waals surface area contributed by atoms with Gasteiger partial charge < -0.3 is 56.6 Å². The second-order valence-corrected chi connectivity index (χ2v) is 28.5. The van der Waals surface area contributed by atoms with Crippen LogP contribution >= 0.6 is 34.8 Å². The maximum atomic E-state index is 13.4. The second kappa shape index (κ2) is 47.1. The van der Waals surface area contributed by atoms with E-state index < -0.39 is 136 Å². The number of hydrogen-bond donors (Lipinski definition) is 10. The van der Waals surface area contributed by atoms with Gasteiger partial charge in [-0.3, -0.25) is 28.8 Å². The van der Waals surface area contributed by atoms with Gasteiger partial charge in [0, 0.05) is 50.4 Å². The summed E-state index contributed by atoms with van der Waals surface area (Å²) >= 11 is 17.0. The lowest BCUT2D eigenvalue weighted by Gasteiger charge is -2.14. The number of benzene rings is 12. The normalized spacial score (nSPS) is 10.7. The fraction of sp³-hybridized carbons (Fsp3) is 0.0745. The van der Waals surface area contributed by atoms with Gasteiger partial charge in [-0.2, -0.15) is 68.5 Å². The average molecular weight is 1940 g/mol. The highest BCUT2D eigenvalue weighted by atomic mass is 35.5. The van der Waals surface area contributed by atoms with Crippen molar-refractivity contribution in [2.45, 2.75) is 37.5 Å². The number of amides is 4. The molecule has 0 aliphatic rings. The Hall–Kier alpha value is -17.1. The van der Waals surface area contributed by atoms with Gasteiger partial charge in [-0.15, -0.1) is 0 Å². The van der Waals surface area contributed by atoms with E-state index in [4.69, 9.17) is 86.0 Å². The van der Waals surface area contributed by atoms with E-state index in [-0.39, 0.29) is 122 Å². The van der Waals surface area contributed by atoms with Crippen molar-refractivity contribution in [2.75, 3.05) is 28.4 Å². The molecule has 0 bridgehead atoms. The van der Waals surface area contributed by atoms with Crippen LogP contribution in [0.5, 0.6) is 5.75 Å². The van der Waals surface area contributed by atoms with E-state index in [9.17, 15) is 115 Å². The lowest BCUT2D eigenvalue weighted by molar-refractivity contribution is -0.140. The summed E-state index contributed by atoms with van der Waals surface area (Å²) in [4.78, 5) is 140. The van der Waals surface area contributed by atoms with Crippen LogP contribution in [0.4, 0.5) is 79.8 Å². The fourth-order valence-electron chi connectivity index (χ4n) is 11.8. The van der Waals surface area contributed by atoms with Crippen LogP contribution in [0.3, 0.4) is 0 Å². The Kier molecular flexibility index (Phi) is 36.7. The molecule has 696 valence electrons. The van der Waals surface area contributed by atoms with Crippen molar-refractivity contribution in [1.29, 1.82) is 15.8 Å². The number of carboxylic acids is 6. The topological polar surface area (TPSA) is 455 Å². The van der Waals surface area contributed by atoms with Gasteiger partial charge in [0.05, 0.1) is 119 Å². The molecule has 42 heteroatoms. The number of Topliss-reactive ketones (excluding diaryl/α,β-unsaturated/α-hetero) is 2. The van der Waals surface area contributed by atoms with Crippen molar-refractivity contribution < 1.29 is 150 Å². The number of halogens is 16. The molecule has 4 amide bonds. The first-order valence-electron chi connectivity index (χ1n) is 37.6. The molecule has 12 aromatic carbocycles. The van der Waals surface area contributed by atoms with Crippen LogP contribution in [0.2, 0.25) is 15.1 Å². The number of methoxy groups -OCH3 is 1. The Morgan fingerprint density at radius 2 is 0.640 bits per heavy atom. The highest BCUT2D eigenvalue weighted by Gasteiger charge is 2.37. The highest BCUT2D eigenvalue weighted by molar-refractivity contribution is 6.31. The van der Waals surface area contributed by atoms with Crippen LogP contribution in [0.25, 0.3) is 0 Å². The summed E-state index contributed by atoms with van der Waals surface area (Å²) in [5, 5.41) is 90.6. The number of alkyl halides is 12. The van der Waals surface area contributed by atoms with Gasteiger partial charge in [-0.05, 0) is 181 Å². The minimum Gasteiger partial charge on any atom is -0.495 e. The largest absolute Gasteiger partial charge is 0.495 e. The van der Waals surface area contributed by atoms with Crippen LogP contribution in [0.15, 0.2) is 255 Å². The maximum Gasteiger partial charge on any atom is 0.419 e. The molecule has 0 aliphatic carbocycles. The van der Waals surface area contributed by atoms with E-state index in [2.05, 4.69) is 21.3 Å². The second-order valence-electron chi connectivity index (χ2n) is 27.2. The van der Waals surface area contributed by atoms with E-state index in [1.807, 2.05) is 12.1 Å². The van der Waals surface area contributed by atoms with Gasteiger partial charge in [-0.1, -0.05) is 120 Å². The van der Waals surface area contributed by atoms with E-state index in [0.717, 1.165) is 30.3 Å². The predicted molar refractivity (Wildman–Crippen MR) is 463 cm³/mol. The number of nitriles is 3. The molecule has 0 radical (unpaired) electrons. The van der Waals surface area contributed by atoms with Crippen molar-refractivity contribution in [3.63, 3.8) is 0 Å². The third kappa shape index (κ3) is 30.0. The van der Waals surface area contributed by atoms with Crippen molar-refractivity contribution in [2.24, 2.45) is 0 Å². The zero-order chi connectivity index (χ0) is 101. The number of ketones is 2. The first-order chi connectivity index (χ1) is 63.9. The quantitative estimate of drug-likeness (QED) is 0.0236. The van der Waals surface area contributed by atoms with Crippen LogP contribution in [0.1, 0.15) is 174 Å². The zero-order valence-electron chi connectivity index (χ0n) is 68.5. The van der Waals surface area contributed by atoms with Gasteiger partial charge in [0.1, 0.15) is 23.7 Å². The predicted octanol–water partition coefficient (Wildman–Crippen LogP) is 22.0. The summed E-state index contributed by atoms with van der Waals surface area (Å²) < 4.78 is 172. The lowest BCUT2D eigenvalue weighted by Crippen LogP contribution is -2.19. The SMILES string of the molecule is COc1ccc(NC(=O)c2ccccc2C(=O)O)cc1C#N.N#Cc1cc(CC(=O)c2ccccc2C(=O)O)cc(C(F)(F)F)c1.N#Cc1cc(Cl)ccc1NC(=O)c1ccccc1C(=O)O.O=C(O)c1ccccc1C(=O)Cc1cc(Cl)cc(C(F)(F)F)c1.O=C(O)c1ccccc1C(=O)Nc1ccc(C(F)(F)F)c(F)c1.O=C(O)c1ccccc1C(=O)Nc1ccc(Cl)cc1C(F)(F)F. The number of carboxylic acid groups (broad SMARTS) is 6. The summed E-state index contributed by atoms with van der Waals surface area (Å²) in [6.45, 7) is 0. The van der Waals surface area contributed by atoms with E-state index in [0.29, 0.717) is 40.7 Å². The van der Waals surface area contributed by atoms with Crippen molar-refractivity contribution in [3.8, 4) is 24.0 Å². The van der Waals surface area contributed by atoms with E-state index >= 15 is 0 Å². The van der Waals surface area contributed by atoms with Crippen molar-refractivity contribution >= 4 is 129 Å². The van der Waals surface area contributed by atoms with Gasteiger partial charge >= 0.3 is 60.5 Å². The zero-order valence-corrected chi connectivity index (χ0v) is 70.8. The van der Waals surface area contributed by atoms with Crippen molar-refractivity contribution in [1.82, 2.24) is 0 Å². The Bertz CT molecular complexity index is 6790. The number of aromatic carboxylic acids is 6. The van der Waals surface area contributed by atoms with Gasteiger partial charge in [0.2, 0.25) is 0 Å². The van der Waals surface area contributed by atoms with E-state index in [1.165, 1.54) is 177 Å². The number of carbonyl (C=O) groups is 12. The molecule has 0 saturated carbocycles. The number of rotatable bonds is 21. The third-order valence-electron chi connectivity index (χ3n) is 18.0. The van der Waals surface area contributed by atoms with Crippen LogP contribution in [-0.2, 0) is 37.5 Å². The summed E-state index contributed by atoms with van der Waals surface area (Å²) in [6.07, 6.45) is -19.6. The first-order valence-corrected chi connectivity index (χ1v) is 38.8. The molecule has 136 heavy (non-hydrogen) atoms. The molecule has 10 N–H and O–H groups in total. The number of hydrogen-bond acceptors (Lipinski definition) is 16. The number of nitrogens with one attached hydrogen (secondary N) is 4. The van der Waals surface area contributed by atoms with E-state index in [1.54, 1.807) is 36.4 Å². The summed E-state index contributed by atoms with van der Waals surface area (Å²) in [5.74, 6) is -13.1. The third-order valence-corrected chi connectivity index (χ3v) is 18.7. The molecule has 26 nitrogen and oxygen atoms in total. The summed E-state index contributed by atoms with van der Waals surface area (Å²) in [6, 6.07) is 58.0. The molecule has 12 aromatic rings. The first kappa shape index (κ1) is 106. The maximum absolute atomic E-state index is 13.4. The molecule has 0 aliphatic heterocycles. The number of anilines is 4. The lowest BCUT2D eigenvalue weighted by atomic mass is 9.96. The molecule has 0 aromatic heterocycles. The Morgan fingerprint density at radius 3 is 0.993 bits per heavy atom. The van der Waals surface area contributed by atoms with Gasteiger partial charge in [0.15, 0.2) is 11.6 Å². The van der Waals surface area contributed by atoms with Crippen molar-refractivity contribution in [3.05, 3.63) is 393 Å². The average Bonchev–Trinajstić information content (AvgIpc) is 0.802. The molecule has 0 saturated heterocycles. The Morgan fingerprint density at radius 1 is 0.316 bits per heavy atom. The monoisotopic (exact) mass is 1940 g/mol. The van der Waals surface area contributed by atoms with Gasteiger partial charge in [0.25, 0.3) is 23.6 Å². The number of ether oxygens (including phenoxy) is 1. The molecule has 0 atom stereocenters. The fourth-order valence-corrected chi connectivity index (χ4v) is 12.4. The molecule has 0 spiro atoms. The minimum atomic E-state index is -4.84. The smallest absolute Gasteiger partial charge is 0.419 e. The van der Waals surface area contributed by atoms with Gasteiger partial charge in [-0.25, -0.2) is 33.2 Å². The molecule has 0 fully saturated rings. The minimum absolute atomic E-state index is 0.00781. The highest BCUT2D eigenvalue weighted by Crippen LogP contribution is 2.39.